The summed E-state index contributed by atoms with van der Waals surface area (Å²) in [4.78, 5) is 18.2. The molecule has 1 aliphatic rings. The zero-order valence-corrected chi connectivity index (χ0v) is 16.5. The van der Waals surface area contributed by atoms with Crippen LogP contribution in [-0.4, -0.2) is 44.1 Å². The van der Waals surface area contributed by atoms with E-state index in [1.165, 1.54) is 7.11 Å². The van der Waals surface area contributed by atoms with Crippen molar-refractivity contribution in [2.75, 3.05) is 27.2 Å². The Morgan fingerprint density at radius 1 is 1.50 bits per heavy atom. The number of nitrogens with one attached hydrogen (secondary N) is 1. The first kappa shape index (κ1) is 20.2. The normalized spacial score (nSPS) is 20.1. The Labute approximate surface area is 159 Å². The van der Waals surface area contributed by atoms with Gasteiger partial charge in [0.2, 0.25) is 0 Å². The zero-order chi connectivity index (χ0) is 16.8. The van der Waals surface area contributed by atoms with E-state index >= 15 is 0 Å². The summed E-state index contributed by atoms with van der Waals surface area (Å²) in [6.07, 6.45) is 0. The first-order valence-corrected chi connectivity index (χ1v) is 7.61. The summed E-state index contributed by atoms with van der Waals surface area (Å²) in [5.41, 5.74) is 1.65. The van der Waals surface area contributed by atoms with Gasteiger partial charge in [0.15, 0.2) is 5.96 Å². The summed E-state index contributed by atoms with van der Waals surface area (Å²) in [6.45, 7) is 3.99. The van der Waals surface area contributed by atoms with E-state index in [-0.39, 0.29) is 41.8 Å². The third-order valence-corrected chi connectivity index (χ3v) is 4.13. The van der Waals surface area contributed by atoms with E-state index in [2.05, 4.69) is 21.3 Å². The molecule has 0 spiro atoms. The van der Waals surface area contributed by atoms with Crippen LogP contribution in [0.4, 0.5) is 0 Å². The molecule has 1 N–H and O–H groups in total. The van der Waals surface area contributed by atoms with Crippen LogP contribution in [0.15, 0.2) is 29.3 Å². The van der Waals surface area contributed by atoms with Gasteiger partial charge in [0.25, 0.3) is 0 Å². The van der Waals surface area contributed by atoms with Gasteiger partial charge in [-0.15, -0.1) is 24.0 Å². The summed E-state index contributed by atoms with van der Waals surface area (Å²) in [7, 11) is 3.15. The van der Waals surface area contributed by atoms with Crippen molar-refractivity contribution < 1.29 is 9.53 Å². The van der Waals surface area contributed by atoms with Gasteiger partial charge in [-0.1, -0.05) is 19.1 Å². The summed E-state index contributed by atoms with van der Waals surface area (Å²) in [6, 6.07) is 9.59. The summed E-state index contributed by atoms with van der Waals surface area (Å²) >= 11 is 0. The van der Waals surface area contributed by atoms with Crippen LogP contribution in [0, 0.1) is 23.2 Å². The first-order valence-electron chi connectivity index (χ1n) is 7.61. The number of likely N-dealkylation sites (tertiary alicyclic amines) is 1. The number of methoxy groups -OCH3 is 1. The highest BCUT2D eigenvalue weighted by atomic mass is 127. The van der Waals surface area contributed by atoms with Crippen molar-refractivity contribution >= 4 is 35.9 Å². The van der Waals surface area contributed by atoms with Gasteiger partial charge in [0.1, 0.15) is 0 Å². The quantitative estimate of drug-likeness (QED) is 0.336. The Balaban J connectivity index is 0.00000288. The van der Waals surface area contributed by atoms with E-state index < -0.39 is 0 Å². The fourth-order valence-electron chi connectivity index (χ4n) is 2.86. The van der Waals surface area contributed by atoms with Crippen LogP contribution >= 0.6 is 24.0 Å². The molecule has 0 bridgehead atoms. The first-order chi connectivity index (χ1) is 11.1. The second-order valence-corrected chi connectivity index (χ2v) is 5.72. The molecule has 1 aliphatic heterocycles. The van der Waals surface area contributed by atoms with E-state index in [1.54, 1.807) is 13.1 Å². The van der Waals surface area contributed by atoms with Crippen LogP contribution < -0.4 is 5.32 Å². The molecule has 0 saturated carbocycles. The molecule has 1 aromatic rings. The molecule has 0 amide bonds. The number of ether oxygens (including phenoxy) is 1. The predicted octanol–water partition coefficient (Wildman–Crippen LogP) is 1.99. The lowest BCUT2D eigenvalue weighted by Crippen LogP contribution is -2.40. The zero-order valence-electron chi connectivity index (χ0n) is 14.2. The smallest absolute Gasteiger partial charge is 0.310 e. The Kier molecular flexibility index (Phi) is 7.98. The Morgan fingerprint density at radius 3 is 2.88 bits per heavy atom. The third-order valence-electron chi connectivity index (χ3n) is 4.13. The monoisotopic (exact) mass is 442 g/mol. The van der Waals surface area contributed by atoms with Gasteiger partial charge in [-0.2, -0.15) is 5.26 Å². The number of carbonyl (C=O) groups excluding carboxylic acids is 1. The molecular formula is C17H23IN4O2. The number of hydrogen-bond donors (Lipinski definition) is 1. The Hall–Kier alpha value is -1.82. The molecule has 0 radical (unpaired) electrons. The lowest BCUT2D eigenvalue weighted by Gasteiger charge is -2.21. The average molecular weight is 442 g/mol. The maximum Gasteiger partial charge on any atom is 0.310 e. The third kappa shape index (κ3) is 4.84. The molecule has 1 aromatic carbocycles. The number of nitriles is 1. The molecule has 1 saturated heterocycles. The van der Waals surface area contributed by atoms with Crippen molar-refractivity contribution in [3.05, 3.63) is 35.4 Å². The van der Waals surface area contributed by atoms with E-state index in [0.29, 0.717) is 18.7 Å². The van der Waals surface area contributed by atoms with Crippen molar-refractivity contribution in [1.29, 1.82) is 5.26 Å². The minimum absolute atomic E-state index is 0. The number of benzene rings is 1. The number of nitrogens with zero attached hydrogens (tertiary/aromatic N) is 3. The van der Waals surface area contributed by atoms with Gasteiger partial charge in [-0.25, -0.2) is 0 Å². The number of hydrogen-bond acceptors (Lipinski definition) is 4. The van der Waals surface area contributed by atoms with E-state index in [0.717, 1.165) is 18.1 Å². The Bertz CT molecular complexity index is 642. The SMILES string of the molecule is CN=C(NCc1cccc(C#N)c1)N1CC(C)C(C(=O)OC)C1.I. The van der Waals surface area contributed by atoms with Gasteiger partial charge in [-0.05, 0) is 23.6 Å². The van der Waals surface area contributed by atoms with E-state index in [9.17, 15) is 4.79 Å². The summed E-state index contributed by atoms with van der Waals surface area (Å²) in [5, 5.41) is 12.2. The number of carbonyl (C=O) groups is 1. The molecule has 7 heteroatoms. The maximum absolute atomic E-state index is 11.8. The van der Waals surface area contributed by atoms with Crippen molar-refractivity contribution in [1.82, 2.24) is 10.2 Å². The molecule has 2 rings (SSSR count). The number of halogens is 1. The Morgan fingerprint density at radius 2 is 2.25 bits per heavy atom. The highest BCUT2D eigenvalue weighted by molar-refractivity contribution is 14.0. The van der Waals surface area contributed by atoms with Gasteiger partial charge in [0, 0.05) is 26.7 Å². The van der Waals surface area contributed by atoms with Crippen molar-refractivity contribution in [2.45, 2.75) is 13.5 Å². The minimum Gasteiger partial charge on any atom is -0.469 e. The molecule has 24 heavy (non-hydrogen) atoms. The summed E-state index contributed by atoms with van der Waals surface area (Å²) < 4.78 is 4.86. The van der Waals surface area contributed by atoms with Gasteiger partial charge >= 0.3 is 5.97 Å². The second kappa shape index (κ2) is 9.47. The number of rotatable bonds is 3. The average Bonchev–Trinajstić information content (AvgIpc) is 2.96. The molecule has 130 valence electrons. The van der Waals surface area contributed by atoms with E-state index in [1.807, 2.05) is 25.1 Å². The van der Waals surface area contributed by atoms with Crippen molar-refractivity contribution in [2.24, 2.45) is 16.8 Å². The van der Waals surface area contributed by atoms with Crippen LogP contribution in [0.25, 0.3) is 0 Å². The van der Waals surface area contributed by atoms with Crippen LogP contribution in [0.2, 0.25) is 0 Å². The standard InChI is InChI=1S/C17H22N4O2.HI/c1-12-10-21(11-15(12)16(22)23-3)17(19-2)20-9-14-6-4-5-13(7-14)8-18;/h4-7,12,15H,9-11H2,1-3H3,(H,19,20);1H. The summed E-state index contributed by atoms with van der Waals surface area (Å²) in [5.74, 6) is 0.686. The molecule has 6 nitrogen and oxygen atoms in total. The van der Waals surface area contributed by atoms with Crippen molar-refractivity contribution in [3.63, 3.8) is 0 Å². The lowest BCUT2D eigenvalue weighted by molar-refractivity contribution is -0.145. The van der Waals surface area contributed by atoms with Crippen LogP contribution in [0.1, 0.15) is 18.1 Å². The predicted molar refractivity (Wildman–Crippen MR) is 103 cm³/mol. The van der Waals surface area contributed by atoms with Crippen LogP contribution in [-0.2, 0) is 16.1 Å². The fourth-order valence-corrected chi connectivity index (χ4v) is 2.86. The van der Waals surface area contributed by atoms with E-state index in [4.69, 9.17) is 10.00 Å². The molecule has 0 aliphatic carbocycles. The topological polar surface area (TPSA) is 77.7 Å². The van der Waals surface area contributed by atoms with Gasteiger partial charge in [0.05, 0.1) is 24.7 Å². The second-order valence-electron chi connectivity index (χ2n) is 5.72. The van der Waals surface area contributed by atoms with Crippen LogP contribution in [0.3, 0.4) is 0 Å². The molecular weight excluding hydrogens is 419 g/mol. The van der Waals surface area contributed by atoms with Crippen LogP contribution in [0.5, 0.6) is 0 Å². The highest BCUT2D eigenvalue weighted by Crippen LogP contribution is 2.24. The highest BCUT2D eigenvalue weighted by Gasteiger charge is 2.36. The number of guanidine groups is 1. The minimum atomic E-state index is -0.169. The largest absolute Gasteiger partial charge is 0.469 e. The number of esters is 1. The lowest BCUT2D eigenvalue weighted by atomic mass is 9.99. The molecule has 2 unspecified atom stereocenters. The molecule has 0 aromatic heterocycles. The van der Waals surface area contributed by atoms with Gasteiger partial charge < -0.3 is 15.0 Å². The number of aliphatic imine (C=N–C) groups is 1. The maximum atomic E-state index is 11.8. The fraction of sp³-hybridized carbons (Fsp3) is 0.471. The van der Waals surface area contributed by atoms with Gasteiger partial charge in [-0.3, -0.25) is 9.79 Å². The molecule has 2 atom stereocenters. The molecule has 1 fully saturated rings. The molecule has 1 heterocycles. The van der Waals surface area contributed by atoms with Crippen molar-refractivity contribution in [3.8, 4) is 6.07 Å².